The first-order chi connectivity index (χ1) is 15.4. The van der Waals surface area contributed by atoms with E-state index in [-0.39, 0.29) is 23.4 Å². The Hall–Kier alpha value is -3.39. The maximum atomic E-state index is 14.8. The van der Waals surface area contributed by atoms with Crippen molar-refractivity contribution in [1.82, 2.24) is 9.80 Å². The third-order valence-electron chi connectivity index (χ3n) is 5.56. The molecule has 0 radical (unpaired) electrons. The number of halogens is 1. The highest BCUT2D eigenvalue weighted by atomic mass is 19.1. The molecule has 1 atom stereocenters. The number of benzene rings is 2. The summed E-state index contributed by atoms with van der Waals surface area (Å²) in [6, 6.07) is 9.74. The van der Waals surface area contributed by atoms with Crippen molar-refractivity contribution in [3.63, 3.8) is 0 Å². The molecule has 0 spiro atoms. The molecule has 0 saturated carbocycles. The molecule has 32 heavy (non-hydrogen) atoms. The molecule has 2 aliphatic rings. The highest BCUT2D eigenvalue weighted by Gasteiger charge is 2.46. The summed E-state index contributed by atoms with van der Waals surface area (Å²) in [5.74, 6) is -1.55. The number of Topliss-reactive ketones (excluding diaryl/α,β-unsaturated/α-hetero) is 1. The van der Waals surface area contributed by atoms with Gasteiger partial charge in [0, 0.05) is 17.7 Å². The van der Waals surface area contributed by atoms with Crippen molar-refractivity contribution in [3.8, 4) is 11.5 Å². The summed E-state index contributed by atoms with van der Waals surface area (Å²) in [4.78, 5) is 29.2. The largest absolute Gasteiger partial charge is 0.507 e. The molecule has 168 valence electrons. The zero-order valence-electron chi connectivity index (χ0n) is 18.0. The van der Waals surface area contributed by atoms with Gasteiger partial charge in [0.2, 0.25) is 0 Å². The number of rotatable bonds is 6. The normalized spacial score (nSPS) is 19.6. The molecule has 1 fully saturated rings. The van der Waals surface area contributed by atoms with Gasteiger partial charge in [-0.15, -0.1) is 0 Å². The van der Waals surface area contributed by atoms with Gasteiger partial charge in [0.1, 0.15) is 24.8 Å². The third kappa shape index (κ3) is 4.05. The Morgan fingerprint density at radius 2 is 1.84 bits per heavy atom. The first-order valence-corrected chi connectivity index (χ1v) is 10.5. The van der Waals surface area contributed by atoms with E-state index in [1.54, 1.807) is 24.3 Å². The molecule has 0 aromatic heterocycles. The Balaban J connectivity index is 1.80. The van der Waals surface area contributed by atoms with Crippen LogP contribution in [0.4, 0.5) is 4.39 Å². The van der Waals surface area contributed by atoms with Crippen LogP contribution in [0.2, 0.25) is 0 Å². The van der Waals surface area contributed by atoms with Crippen molar-refractivity contribution < 1.29 is 28.6 Å². The van der Waals surface area contributed by atoms with E-state index in [0.29, 0.717) is 43.2 Å². The molecule has 2 aromatic rings. The van der Waals surface area contributed by atoms with E-state index in [1.807, 2.05) is 19.0 Å². The summed E-state index contributed by atoms with van der Waals surface area (Å²) in [6.45, 7) is 1.72. The van der Waals surface area contributed by atoms with Gasteiger partial charge in [0.05, 0.1) is 11.6 Å². The first-order valence-electron chi connectivity index (χ1n) is 10.5. The number of ether oxygens (including phenoxy) is 2. The van der Waals surface area contributed by atoms with Crippen LogP contribution in [-0.2, 0) is 9.59 Å². The van der Waals surface area contributed by atoms with Crippen molar-refractivity contribution in [2.24, 2.45) is 0 Å². The Morgan fingerprint density at radius 1 is 1.12 bits per heavy atom. The molecule has 1 N–H and O–H groups in total. The van der Waals surface area contributed by atoms with E-state index < -0.39 is 23.5 Å². The average Bonchev–Trinajstić information content (AvgIpc) is 3.03. The predicted molar refractivity (Wildman–Crippen MR) is 116 cm³/mol. The number of fused-ring (bicyclic) bond motifs is 1. The number of likely N-dealkylation sites (tertiary alicyclic amines) is 1. The van der Waals surface area contributed by atoms with Crippen LogP contribution in [0.25, 0.3) is 5.76 Å². The van der Waals surface area contributed by atoms with Crippen LogP contribution in [0.1, 0.15) is 23.6 Å². The van der Waals surface area contributed by atoms with E-state index in [9.17, 15) is 19.1 Å². The number of aliphatic hydroxyl groups is 1. The molecular formula is C24H25FN2O5. The highest BCUT2D eigenvalue weighted by molar-refractivity contribution is 6.46. The van der Waals surface area contributed by atoms with Crippen LogP contribution in [0, 0.1) is 5.82 Å². The monoisotopic (exact) mass is 440 g/mol. The van der Waals surface area contributed by atoms with E-state index in [0.717, 1.165) is 0 Å². The van der Waals surface area contributed by atoms with Gasteiger partial charge in [0.15, 0.2) is 11.5 Å². The lowest BCUT2D eigenvalue weighted by Gasteiger charge is -2.26. The topological polar surface area (TPSA) is 79.3 Å². The van der Waals surface area contributed by atoms with Crippen molar-refractivity contribution >= 4 is 17.4 Å². The van der Waals surface area contributed by atoms with Crippen LogP contribution in [0.5, 0.6) is 11.5 Å². The summed E-state index contributed by atoms with van der Waals surface area (Å²) in [7, 11) is 3.81. The van der Waals surface area contributed by atoms with Crippen LogP contribution in [0.15, 0.2) is 48.0 Å². The van der Waals surface area contributed by atoms with Crippen LogP contribution >= 0.6 is 0 Å². The number of carbonyl (C=O) groups excluding carboxylic acids is 2. The maximum absolute atomic E-state index is 14.8. The fourth-order valence-electron chi connectivity index (χ4n) is 4.03. The fourth-order valence-corrected chi connectivity index (χ4v) is 4.03. The van der Waals surface area contributed by atoms with Gasteiger partial charge in [-0.05, 0) is 51.3 Å². The molecule has 1 saturated heterocycles. The lowest BCUT2D eigenvalue weighted by Crippen LogP contribution is -2.32. The molecule has 0 aliphatic carbocycles. The summed E-state index contributed by atoms with van der Waals surface area (Å²) in [5, 5.41) is 11.1. The summed E-state index contributed by atoms with van der Waals surface area (Å²) < 4.78 is 25.9. The molecule has 2 aliphatic heterocycles. The number of aliphatic hydroxyl groups excluding tert-OH is 1. The fraction of sp³-hybridized carbons (Fsp3) is 0.333. The Morgan fingerprint density at radius 3 is 2.56 bits per heavy atom. The van der Waals surface area contributed by atoms with Gasteiger partial charge in [-0.25, -0.2) is 4.39 Å². The lowest BCUT2D eigenvalue weighted by molar-refractivity contribution is -0.140. The quantitative estimate of drug-likeness (QED) is 0.423. The number of hydrogen-bond acceptors (Lipinski definition) is 6. The van der Waals surface area contributed by atoms with Crippen LogP contribution in [-0.4, -0.2) is 67.0 Å². The number of amides is 1. The molecular weight excluding hydrogens is 415 g/mol. The minimum Gasteiger partial charge on any atom is -0.507 e. The van der Waals surface area contributed by atoms with Gasteiger partial charge in [0.25, 0.3) is 11.7 Å². The van der Waals surface area contributed by atoms with Crippen LogP contribution < -0.4 is 9.47 Å². The first kappa shape index (κ1) is 21.8. The number of nitrogens with zero attached hydrogens (tertiary/aromatic N) is 2. The number of carbonyl (C=O) groups is 2. The Labute approximate surface area is 185 Å². The van der Waals surface area contributed by atoms with Gasteiger partial charge in [-0.2, -0.15) is 0 Å². The predicted octanol–water partition coefficient (Wildman–Crippen LogP) is 2.97. The minimum atomic E-state index is -1.02. The number of hydrogen-bond donors (Lipinski definition) is 1. The minimum absolute atomic E-state index is 0.137. The number of ketones is 1. The van der Waals surface area contributed by atoms with E-state index >= 15 is 0 Å². The van der Waals surface area contributed by atoms with Crippen molar-refractivity contribution in [2.45, 2.75) is 12.5 Å². The molecule has 0 unspecified atom stereocenters. The molecule has 4 rings (SSSR count). The summed E-state index contributed by atoms with van der Waals surface area (Å²) in [6.07, 6.45) is 0.592. The molecule has 2 aromatic carbocycles. The van der Waals surface area contributed by atoms with Crippen LogP contribution in [0.3, 0.4) is 0 Å². The second-order valence-corrected chi connectivity index (χ2v) is 8.03. The molecule has 2 heterocycles. The van der Waals surface area contributed by atoms with E-state index in [1.165, 1.54) is 23.1 Å². The average molecular weight is 440 g/mol. The highest BCUT2D eigenvalue weighted by Crippen LogP contribution is 2.41. The maximum Gasteiger partial charge on any atom is 0.295 e. The lowest BCUT2D eigenvalue weighted by atomic mass is 9.94. The second-order valence-electron chi connectivity index (χ2n) is 8.03. The summed E-state index contributed by atoms with van der Waals surface area (Å²) in [5.41, 5.74) is 0.319. The standard InChI is InChI=1S/C24H25FN2O5/c1-26(2)10-5-11-27-21(16-6-3-4-7-17(16)25)20(23(29)24(27)30)22(28)15-8-9-18-19(14-15)32-13-12-31-18/h3-4,6-9,14,21,28H,5,10-13H2,1-2H3/b22-20+/t21-/m1/s1. The van der Waals surface area contributed by atoms with E-state index in [4.69, 9.17) is 9.47 Å². The van der Waals surface area contributed by atoms with Gasteiger partial charge in [-0.1, -0.05) is 18.2 Å². The molecule has 0 bridgehead atoms. The molecule has 8 heteroatoms. The van der Waals surface area contributed by atoms with Gasteiger partial charge >= 0.3 is 0 Å². The summed E-state index contributed by atoms with van der Waals surface area (Å²) >= 11 is 0. The Bertz CT molecular complexity index is 1080. The van der Waals surface area contributed by atoms with Crippen molar-refractivity contribution in [2.75, 3.05) is 40.4 Å². The second kappa shape index (κ2) is 9.00. The van der Waals surface area contributed by atoms with Gasteiger partial charge < -0.3 is 24.4 Å². The zero-order valence-corrected chi connectivity index (χ0v) is 18.0. The van der Waals surface area contributed by atoms with E-state index in [2.05, 4.69) is 0 Å². The van der Waals surface area contributed by atoms with Gasteiger partial charge in [-0.3, -0.25) is 9.59 Å². The van der Waals surface area contributed by atoms with Crippen molar-refractivity contribution in [1.29, 1.82) is 0 Å². The SMILES string of the molecule is CN(C)CCCN1C(=O)C(=O)/C(=C(/O)c2ccc3c(c2)OCCO3)[C@H]1c1ccccc1F. The molecule has 1 amide bonds. The zero-order chi connectivity index (χ0) is 22.8. The smallest absolute Gasteiger partial charge is 0.295 e. The van der Waals surface area contributed by atoms with Crippen molar-refractivity contribution in [3.05, 3.63) is 65.0 Å². The molecule has 7 nitrogen and oxygen atoms in total. The third-order valence-corrected chi connectivity index (χ3v) is 5.56. The Kier molecular flexibility index (Phi) is 6.14.